The minimum Gasteiger partial charge on any atom is -0.263 e. The van der Waals surface area contributed by atoms with Crippen molar-refractivity contribution in [3.05, 3.63) is 12.3 Å². The molecule has 0 bridgehead atoms. The second-order valence-corrected chi connectivity index (χ2v) is 3.55. The topological polar surface area (TPSA) is 12.4 Å². The second kappa shape index (κ2) is 4.32. The molecule has 1 nitrogen and oxygen atoms in total. The van der Waals surface area contributed by atoms with Crippen LogP contribution in [0.15, 0.2) is 17.3 Å². The van der Waals surface area contributed by atoms with Gasteiger partial charge in [0.1, 0.15) is 0 Å². The average Bonchev–Trinajstić information content (AvgIpc) is 1.87. The maximum absolute atomic E-state index is 4.40. The summed E-state index contributed by atoms with van der Waals surface area (Å²) >= 11 is 0. The Bertz CT molecular complexity index is 164. The first-order chi connectivity index (χ1) is 4.95. The van der Waals surface area contributed by atoms with Crippen LogP contribution in [0.2, 0.25) is 0 Å². The Kier molecular flexibility index (Phi) is 4.09. The van der Waals surface area contributed by atoms with Crippen LogP contribution < -0.4 is 0 Å². The first kappa shape index (κ1) is 10.4. The van der Waals surface area contributed by atoms with Gasteiger partial charge in [-0.2, -0.15) is 0 Å². The van der Waals surface area contributed by atoms with Crippen LogP contribution in [0.5, 0.6) is 0 Å². The highest BCUT2D eigenvalue weighted by atomic mass is 14.8. The minimum absolute atomic E-state index is 0.462. The van der Waals surface area contributed by atoms with Gasteiger partial charge in [-0.15, -0.1) is 0 Å². The molecule has 0 rings (SSSR count). The molecule has 0 aliphatic heterocycles. The first-order valence-corrected chi connectivity index (χ1v) is 4.19. The summed E-state index contributed by atoms with van der Waals surface area (Å²) in [7, 11) is 0. The Hall–Kier alpha value is -0.590. The average molecular weight is 153 g/mol. The van der Waals surface area contributed by atoms with E-state index in [0.29, 0.717) is 11.8 Å². The Morgan fingerprint density at radius 1 is 1.09 bits per heavy atom. The molecule has 0 saturated carbocycles. The molecule has 0 aromatic rings. The van der Waals surface area contributed by atoms with Gasteiger partial charge in [0.05, 0.1) is 0 Å². The van der Waals surface area contributed by atoms with Crippen molar-refractivity contribution in [3.63, 3.8) is 0 Å². The summed E-state index contributed by atoms with van der Waals surface area (Å²) in [6.07, 6.45) is 0. The molecule has 0 atom stereocenters. The SMILES string of the molecule is C=C(N=C(C)C(C)C)C(C)C. The lowest BCUT2D eigenvalue weighted by Gasteiger charge is -2.07. The number of rotatable bonds is 3. The van der Waals surface area contributed by atoms with Crippen molar-refractivity contribution in [1.82, 2.24) is 0 Å². The summed E-state index contributed by atoms with van der Waals surface area (Å²) in [6, 6.07) is 0. The van der Waals surface area contributed by atoms with Gasteiger partial charge < -0.3 is 0 Å². The highest BCUT2D eigenvalue weighted by Crippen LogP contribution is 2.10. The molecule has 1 heteroatoms. The maximum atomic E-state index is 4.40. The molecule has 64 valence electrons. The molecule has 0 N–H and O–H groups in total. The maximum Gasteiger partial charge on any atom is 0.0356 e. The fraction of sp³-hybridized carbons (Fsp3) is 0.700. The smallest absolute Gasteiger partial charge is 0.0356 e. The summed E-state index contributed by atoms with van der Waals surface area (Å²) in [5, 5.41) is 0. The van der Waals surface area contributed by atoms with Crippen LogP contribution in [0.25, 0.3) is 0 Å². The summed E-state index contributed by atoms with van der Waals surface area (Å²) in [5.74, 6) is 0.995. The van der Waals surface area contributed by atoms with Gasteiger partial charge in [-0.1, -0.05) is 34.3 Å². The number of aliphatic imine (C=N–C) groups is 1. The highest BCUT2D eigenvalue weighted by molar-refractivity contribution is 5.84. The molecule has 0 spiro atoms. The summed E-state index contributed by atoms with van der Waals surface area (Å²) in [6.45, 7) is 14.5. The number of nitrogens with zero attached hydrogens (tertiary/aromatic N) is 1. The fourth-order valence-corrected chi connectivity index (χ4v) is 0.485. The summed E-state index contributed by atoms with van der Waals surface area (Å²) in [5.41, 5.74) is 2.15. The van der Waals surface area contributed by atoms with Gasteiger partial charge in [0.15, 0.2) is 0 Å². The van der Waals surface area contributed by atoms with Crippen molar-refractivity contribution in [2.24, 2.45) is 16.8 Å². The van der Waals surface area contributed by atoms with E-state index in [4.69, 9.17) is 0 Å². The predicted octanol–water partition coefficient (Wildman–Crippen LogP) is 3.27. The van der Waals surface area contributed by atoms with Crippen molar-refractivity contribution in [1.29, 1.82) is 0 Å². The van der Waals surface area contributed by atoms with Gasteiger partial charge in [-0.25, -0.2) is 0 Å². The van der Waals surface area contributed by atoms with Crippen molar-refractivity contribution in [3.8, 4) is 0 Å². The normalized spacial score (nSPS) is 12.8. The standard InChI is InChI=1S/C10H19N/c1-7(2)9(5)11-10(6)8(3)4/h7-8H,5H2,1-4,6H3. The molecular formula is C10H19N. The number of allylic oxidation sites excluding steroid dienone is 1. The van der Waals surface area contributed by atoms with E-state index < -0.39 is 0 Å². The third kappa shape index (κ3) is 3.97. The Morgan fingerprint density at radius 3 is 1.82 bits per heavy atom. The zero-order valence-electron chi connectivity index (χ0n) is 8.31. The van der Waals surface area contributed by atoms with Crippen LogP contribution in [0.1, 0.15) is 34.6 Å². The molecule has 11 heavy (non-hydrogen) atoms. The molecule has 0 fully saturated rings. The zero-order valence-corrected chi connectivity index (χ0v) is 8.31. The Labute approximate surface area is 70.2 Å². The first-order valence-electron chi connectivity index (χ1n) is 4.19. The van der Waals surface area contributed by atoms with E-state index in [1.165, 1.54) is 5.71 Å². The van der Waals surface area contributed by atoms with E-state index in [2.05, 4.69) is 46.2 Å². The van der Waals surface area contributed by atoms with Crippen molar-refractivity contribution >= 4 is 5.71 Å². The molecule has 0 aliphatic carbocycles. The van der Waals surface area contributed by atoms with Crippen LogP contribution >= 0.6 is 0 Å². The van der Waals surface area contributed by atoms with Crippen LogP contribution in [-0.4, -0.2) is 5.71 Å². The van der Waals surface area contributed by atoms with Crippen LogP contribution in [0, 0.1) is 11.8 Å². The molecule has 0 radical (unpaired) electrons. The third-order valence-corrected chi connectivity index (χ3v) is 1.82. The van der Waals surface area contributed by atoms with Gasteiger partial charge in [0.25, 0.3) is 0 Å². The van der Waals surface area contributed by atoms with Crippen LogP contribution in [-0.2, 0) is 0 Å². The largest absolute Gasteiger partial charge is 0.263 e. The van der Waals surface area contributed by atoms with Gasteiger partial charge in [0, 0.05) is 11.4 Å². The molecule has 0 amide bonds. The number of hydrogen-bond acceptors (Lipinski definition) is 1. The number of hydrogen-bond donors (Lipinski definition) is 0. The molecule has 0 aliphatic rings. The highest BCUT2D eigenvalue weighted by Gasteiger charge is 2.01. The monoisotopic (exact) mass is 153 g/mol. The van der Waals surface area contributed by atoms with E-state index in [1.54, 1.807) is 0 Å². The quantitative estimate of drug-likeness (QED) is 0.552. The van der Waals surface area contributed by atoms with Crippen molar-refractivity contribution < 1.29 is 0 Å². The van der Waals surface area contributed by atoms with Gasteiger partial charge >= 0.3 is 0 Å². The molecule has 0 aromatic carbocycles. The predicted molar refractivity (Wildman–Crippen MR) is 51.9 cm³/mol. The molecule has 0 unspecified atom stereocenters. The Balaban J connectivity index is 4.20. The van der Waals surface area contributed by atoms with E-state index in [-0.39, 0.29) is 0 Å². The molecule has 0 aromatic heterocycles. The minimum atomic E-state index is 0.462. The lowest BCUT2D eigenvalue weighted by atomic mass is 10.1. The van der Waals surface area contributed by atoms with E-state index in [0.717, 1.165) is 5.70 Å². The van der Waals surface area contributed by atoms with Gasteiger partial charge in [-0.05, 0) is 18.8 Å². The zero-order chi connectivity index (χ0) is 9.02. The van der Waals surface area contributed by atoms with Gasteiger partial charge in [0.2, 0.25) is 0 Å². The lowest BCUT2D eigenvalue weighted by molar-refractivity contribution is 0.754. The van der Waals surface area contributed by atoms with E-state index in [9.17, 15) is 0 Å². The van der Waals surface area contributed by atoms with E-state index in [1.807, 2.05) is 0 Å². The fourth-order valence-electron chi connectivity index (χ4n) is 0.485. The van der Waals surface area contributed by atoms with Crippen molar-refractivity contribution in [2.75, 3.05) is 0 Å². The Morgan fingerprint density at radius 2 is 1.55 bits per heavy atom. The second-order valence-electron chi connectivity index (χ2n) is 3.55. The summed E-state index contributed by atoms with van der Waals surface area (Å²) in [4.78, 5) is 4.40. The third-order valence-electron chi connectivity index (χ3n) is 1.82. The van der Waals surface area contributed by atoms with E-state index >= 15 is 0 Å². The van der Waals surface area contributed by atoms with Crippen molar-refractivity contribution in [2.45, 2.75) is 34.6 Å². The molecule has 0 heterocycles. The van der Waals surface area contributed by atoms with Gasteiger partial charge in [-0.3, -0.25) is 4.99 Å². The molecular weight excluding hydrogens is 134 g/mol. The summed E-state index contributed by atoms with van der Waals surface area (Å²) < 4.78 is 0. The lowest BCUT2D eigenvalue weighted by Crippen LogP contribution is -2.03. The van der Waals surface area contributed by atoms with Crippen LogP contribution in [0.4, 0.5) is 0 Å². The van der Waals surface area contributed by atoms with Crippen LogP contribution in [0.3, 0.4) is 0 Å². The molecule has 0 saturated heterocycles.